The highest BCUT2D eigenvalue weighted by molar-refractivity contribution is 7.92. The molecule has 0 spiro atoms. The zero-order valence-electron chi connectivity index (χ0n) is 17.9. The van der Waals surface area contributed by atoms with Gasteiger partial charge in [-0.05, 0) is 67.6 Å². The molecule has 0 bridgehead atoms. The summed E-state index contributed by atoms with van der Waals surface area (Å²) in [5, 5.41) is 2.96. The second-order valence-corrected chi connectivity index (χ2v) is 9.28. The van der Waals surface area contributed by atoms with Crippen molar-refractivity contribution in [3.05, 3.63) is 58.7 Å². The molecule has 0 fully saturated rings. The predicted molar refractivity (Wildman–Crippen MR) is 117 cm³/mol. The average molecular weight is 419 g/mol. The van der Waals surface area contributed by atoms with Crippen LogP contribution in [0, 0.1) is 20.8 Å². The molecule has 0 aliphatic heterocycles. The number of carbonyl (C=O) groups excluding carboxylic acids is 1. The smallest absolute Gasteiger partial charge is 0.241 e. The van der Waals surface area contributed by atoms with Gasteiger partial charge in [0.05, 0.1) is 25.1 Å². The number of hydrogen-bond acceptors (Lipinski definition) is 4. The van der Waals surface area contributed by atoms with E-state index in [1.807, 2.05) is 52.0 Å². The number of methoxy groups -OCH3 is 1. The highest BCUT2D eigenvalue weighted by Crippen LogP contribution is 2.25. The number of nitrogens with one attached hydrogen (secondary N) is 1. The first-order valence-corrected chi connectivity index (χ1v) is 11.4. The maximum atomic E-state index is 12.8. The van der Waals surface area contributed by atoms with Crippen molar-refractivity contribution in [1.29, 1.82) is 0 Å². The van der Waals surface area contributed by atoms with Crippen LogP contribution in [0.3, 0.4) is 0 Å². The third-order valence-corrected chi connectivity index (χ3v) is 5.89. The van der Waals surface area contributed by atoms with Crippen molar-refractivity contribution >= 4 is 21.6 Å². The van der Waals surface area contributed by atoms with Crippen LogP contribution in [0.2, 0.25) is 0 Å². The number of benzene rings is 2. The summed E-state index contributed by atoms with van der Waals surface area (Å²) in [6, 6.07) is 11.1. The van der Waals surface area contributed by atoms with Gasteiger partial charge in [-0.15, -0.1) is 0 Å². The van der Waals surface area contributed by atoms with Crippen LogP contribution >= 0.6 is 0 Å². The first-order chi connectivity index (χ1) is 13.5. The summed E-state index contributed by atoms with van der Waals surface area (Å²) in [5.41, 5.74) is 4.30. The molecule has 1 N–H and O–H groups in total. The molecule has 1 unspecified atom stereocenters. The van der Waals surface area contributed by atoms with E-state index in [-0.39, 0.29) is 18.5 Å². The fourth-order valence-corrected chi connectivity index (χ4v) is 4.24. The van der Waals surface area contributed by atoms with E-state index in [9.17, 15) is 13.2 Å². The van der Waals surface area contributed by atoms with Crippen LogP contribution in [0.5, 0.6) is 5.75 Å². The second kappa shape index (κ2) is 9.31. The van der Waals surface area contributed by atoms with Gasteiger partial charge in [-0.3, -0.25) is 9.10 Å². The minimum absolute atomic E-state index is 0.215. The van der Waals surface area contributed by atoms with E-state index in [0.29, 0.717) is 12.1 Å². The van der Waals surface area contributed by atoms with Crippen LogP contribution in [0.25, 0.3) is 0 Å². The second-order valence-electron chi connectivity index (χ2n) is 7.37. The first kappa shape index (κ1) is 22.7. The Labute approximate surface area is 173 Å². The van der Waals surface area contributed by atoms with Gasteiger partial charge in [0.2, 0.25) is 15.9 Å². The molecule has 0 radical (unpaired) electrons. The lowest BCUT2D eigenvalue weighted by Crippen LogP contribution is -2.41. The van der Waals surface area contributed by atoms with Crippen LogP contribution in [-0.4, -0.2) is 34.2 Å². The monoisotopic (exact) mass is 418 g/mol. The molecule has 1 amide bonds. The topological polar surface area (TPSA) is 75.7 Å². The third-order valence-electron chi connectivity index (χ3n) is 4.75. The number of hydrogen-bond donors (Lipinski definition) is 1. The van der Waals surface area contributed by atoms with Crippen LogP contribution in [0.4, 0.5) is 5.69 Å². The Balaban J connectivity index is 2.23. The molecule has 6 nitrogen and oxygen atoms in total. The van der Waals surface area contributed by atoms with Gasteiger partial charge in [-0.2, -0.15) is 0 Å². The lowest BCUT2D eigenvalue weighted by molar-refractivity contribution is -0.120. The molecule has 0 aliphatic rings. The standard InChI is InChI=1S/C22H30N2O4S/c1-7-20(18-8-9-21(28-5)17(4)13-18)23-22(25)14-24(29(6,26)27)19-11-15(2)10-16(3)12-19/h8-13,20H,7,14H2,1-6H3,(H,23,25). The van der Waals surface area contributed by atoms with Crippen molar-refractivity contribution in [2.24, 2.45) is 0 Å². The Kier molecular flexibility index (Phi) is 7.30. The van der Waals surface area contributed by atoms with Crippen molar-refractivity contribution in [2.45, 2.75) is 40.2 Å². The molecule has 2 aromatic carbocycles. The highest BCUT2D eigenvalue weighted by atomic mass is 32.2. The minimum atomic E-state index is -3.61. The molecule has 0 saturated heterocycles. The van der Waals surface area contributed by atoms with Gasteiger partial charge in [-0.25, -0.2) is 8.42 Å². The number of amides is 1. The minimum Gasteiger partial charge on any atom is -0.496 e. The SMILES string of the molecule is CCC(NC(=O)CN(c1cc(C)cc(C)c1)S(C)(=O)=O)c1ccc(OC)c(C)c1. The molecule has 29 heavy (non-hydrogen) atoms. The van der Waals surface area contributed by atoms with Crippen LogP contribution < -0.4 is 14.4 Å². The Morgan fingerprint density at radius 1 is 1.10 bits per heavy atom. The molecule has 0 aliphatic carbocycles. The van der Waals surface area contributed by atoms with Gasteiger partial charge in [0.15, 0.2) is 0 Å². The maximum absolute atomic E-state index is 12.8. The van der Waals surface area contributed by atoms with E-state index in [1.165, 1.54) is 0 Å². The van der Waals surface area contributed by atoms with E-state index in [4.69, 9.17) is 4.74 Å². The molecule has 0 saturated carbocycles. The number of rotatable bonds is 8. The van der Waals surface area contributed by atoms with Crippen molar-refractivity contribution in [2.75, 3.05) is 24.2 Å². The Bertz CT molecular complexity index is 966. The Hall–Kier alpha value is -2.54. The van der Waals surface area contributed by atoms with Gasteiger partial charge in [-0.1, -0.05) is 25.1 Å². The maximum Gasteiger partial charge on any atom is 0.241 e. The summed E-state index contributed by atoms with van der Waals surface area (Å²) >= 11 is 0. The molecule has 158 valence electrons. The van der Waals surface area contributed by atoms with E-state index in [0.717, 1.165) is 38.6 Å². The van der Waals surface area contributed by atoms with E-state index >= 15 is 0 Å². The average Bonchev–Trinajstić information content (AvgIpc) is 2.62. The summed E-state index contributed by atoms with van der Waals surface area (Å²) in [4.78, 5) is 12.8. The predicted octanol–water partition coefficient (Wildman–Crippen LogP) is 3.65. The third kappa shape index (κ3) is 5.97. The zero-order chi connectivity index (χ0) is 21.8. The largest absolute Gasteiger partial charge is 0.496 e. The summed E-state index contributed by atoms with van der Waals surface area (Å²) in [7, 11) is -1.99. The number of ether oxygens (including phenoxy) is 1. The molecule has 2 aromatic rings. The Morgan fingerprint density at radius 3 is 2.21 bits per heavy atom. The van der Waals surface area contributed by atoms with E-state index in [1.54, 1.807) is 19.2 Å². The fourth-order valence-electron chi connectivity index (χ4n) is 3.40. The van der Waals surface area contributed by atoms with Crippen molar-refractivity contribution < 1.29 is 17.9 Å². The fraction of sp³-hybridized carbons (Fsp3) is 0.409. The molecule has 1 atom stereocenters. The summed E-state index contributed by atoms with van der Waals surface area (Å²) in [6.45, 7) is 7.45. The van der Waals surface area contributed by atoms with Gasteiger partial charge < -0.3 is 10.1 Å². The first-order valence-electron chi connectivity index (χ1n) is 9.55. The van der Waals surface area contributed by atoms with Gasteiger partial charge in [0.25, 0.3) is 0 Å². The lowest BCUT2D eigenvalue weighted by Gasteiger charge is -2.25. The summed E-state index contributed by atoms with van der Waals surface area (Å²) < 4.78 is 31.2. The molecule has 0 heterocycles. The number of nitrogens with zero attached hydrogens (tertiary/aromatic N) is 1. The van der Waals surface area contributed by atoms with Gasteiger partial charge in [0.1, 0.15) is 12.3 Å². The van der Waals surface area contributed by atoms with Gasteiger partial charge >= 0.3 is 0 Å². The zero-order valence-corrected chi connectivity index (χ0v) is 18.8. The number of anilines is 1. The molecule has 7 heteroatoms. The Morgan fingerprint density at radius 2 is 1.72 bits per heavy atom. The molecular formula is C22H30N2O4S. The number of carbonyl (C=O) groups is 1. The molecule has 0 aromatic heterocycles. The number of sulfonamides is 1. The van der Waals surface area contributed by atoms with E-state index < -0.39 is 10.0 Å². The van der Waals surface area contributed by atoms with E-state index in [2.05, 4.69) is 5.32 Å². The van der Waals surface area contributed by atoms with Crippen molar-refractivity contribution in [3.8, 4) is 5.75 Å². The van der Waals surface area contributed by atoms with Crippen LogP contribution in [0.15, 0.2) is 36.4 Å². The van der Waals surface area contributed by atoms with Crippen LogP contribution in [0.1, 0.15) is 41.6 Å². The highest BCUT2D eigenvalue weighted by Gasteiger charge is 2.23. The summed E-state index contributed by atoms with van der Waals surface area (Å²) in [5.74, 6) is 0.433. The quantitative estimate of drug-likeness (QED) is 0.710. The molecular weight excluding hydrogens is 388 g/mol. The lowest BCUT2D eigenvalue weighted by atomic mass is 10.0. The number of aryl methyl sites for hydroxylation is 3. The van der Waals surface area contributed by atoms with Gasteiger partial charge in [0, 0.05) is 0 Å². The molecule has 2 rings (SSSR count). The van der Waals surface area contributed by atoms with Crippen molar-refractivity contribution in [1.82, 2.24) is 5.32 Å². The summed E-state index contributed by atoms with van der Waals surface area (Å²) in [6.07, 6.45) is 1.79. The van der Waals surface area contributed by atoms with Crippen LogP contribution in [-0.2, 0) is 14.8 Å². The van der Waals surface area contributed by atoms with Crippen molar-refractivity contribution in [3.63, 3.8) is 0 Å². The normalized spacial score (nSPS) is 12.3.